The van der Waals surface area contributed by atoms with Crippen LogP contribution in [0.2, 0.25) is 0 Å². The van der Waals surface area contributed by atoms with Crippen LogP contribution >= 0.6 is 18.9 Å². The third-order valence-electron chi connectivity index (χ3n) is 9.81. The van der Waals surface area contributed by atoms with E-state index in [9.17, 15) is 32.5 Å². The van der Waals surface area contributed by atoms with Crippen molar-refractivity contribution in [3.63, 3.8) is 0 Å². The molecule has 4 aliphatic heterocycles. The fourth-order valence-corrected chi connectivity index (χ4v) is 8.70. The van der Waals surface area contributed by atoms with E-state index in [0.717, 1.165) is 23.5 Å². The lowest BCUT2D eigenvalue weighted by Crippen LogP contribution is -2.64. The minimum Gasteiger partial charge on any atom is -0.378 e. The SMILES string of the molecule is CC(C)CN1CC[C@H]2CC[C@@H](C(=O)N3CC(C(=O)N4CCOCC4)C3)N2C(=O)[C@@H](NC(=O)c2cc3cc(C(F)(F)P(=O)(O)O)ccc3s2)C1. The molecule has 4 aliphatic rings. The number of thiophene rings is 1. The minimum atomic E-state index is -5.78. The Kier molecular flexibility index (Phi) is 10.2. The summed E-state index contributed by atoms with van der Waals surface area (Å²) in [6.07, 6.45) is 1.80. The van der Waals surface area contributed by atoms with E-state index in [-0.39, 0.29) is 46.5 Å². The number of rotatable bonds is 8. The number of halogens is 2. The van der Waals surface area contributed by atoms with Gasteiger partial charge in [0.15, 0.2) is 0 Å². The minimum absolute atomic E-state index is 0.0139. The zero-order valence-electron chi connectivity index (χ0n) is 27.4. The number of nitrogens with zero attached hydrogens (tertiary/aromatic N) is 4. The normalized spacial score (nSPS) is 24.5. The van der Waals surface area contributed by atoms with Gasteiger partial charge < -0.3 is 39.4 Å². The molecule has 4 saturated heterocycles. The lowest BCUT2D eigenvalue weighted by atomic mass is 9.96. The first kappa shape index (κ1) is 35.8. The van der Waals surface area contributed by atoms with Crippen molar-refractivity contribution in [2.45, 2.75) is 56.9 Å². The highest BCUT2D eigenvalue weighted by Gasteiger charge is 2.51. The second-order valence-corrected chi connectivity index (χ2v) is 16.5. The lowest BCUT2D eigenvalue weighted by molar-refractivity contribution is -0.157. The summed E-state index contributed by atoms with van der Waals surface area (Å²) in [4.78, 5) is 80.3. The molecule has 0 bridgehead atoms. The van der Waals surface area contributed by atoms with Crippen molar-refractivity contribution < 1.29 is 47.0 Å². The zero-order chi connectivity index (χ0) is 35.2. The molecule has 4 fully saturated rings. The van der Waals surface area contributed by atoms with E-state index in [0.29, 0.717) is 82.4 Å². The molecular formula is C32H42F2N5O8PS. The lowest BCUT2D eigenvalue weighted by Gasteiger charge is -2.44. The second kappa shape index (κ2) is 14.0. The molecule has 0 aliphatic carbocycles. The number of carbonyl (C=O) groups excluding carboxylic acids is 4. The fraction of sp³-hybridized carbons (Fsp3) is 0.625. The predicted octanol–water partition coefficient (Wildman–Crippen LogP) is 2.27. The molecule has 4 amide bonds. The van der Waals surface area contributed by atoms with Gasteiger partial charge in [-0.3, -0.25) is 23.7 Å². The number of hydrogen-bond acceptors (Lipinski definition) is 8. The van der Waals surface area contributed by atoms with E-state index in [1.54, 1.807) is 14.7 Å². The van der Waals surface area contributed by atoms with Crippen LogP contribution in [-0.2, 0) is 29.3 Å². The molecule has 268 valence electrons. The zero-order valence-corrected chi connectivity index (χ0v) is 29.1. The molecule has 1 aromatic heterocycles. The molecule has 6 rings (SSSR count). The van der Waals surface area contributed by atoms with E-state index in [4.69, 9.17) is 14.5 Å². The topological polar surface area (TPSA) is 160 Å². The first-order valence-corrected chi connectivity index (χ1v) is 19.0. The van der Waals surface area contributed by atoms with Crippen LogP contribution < -0.4 is 5.32 Å². The number of benzene rings is 1. The van der Waals surface area contributed by atoms with Crippen molar-refractivity contribution in [2.24, 2.45) is 11.8 Å². The maximum atomic E-state index is 14.4. The largest absolute Gasteiger partial charge is 0.399 e. The van der Waals surface area contributed by atoms with Gasteiger partial charge in [-0.15, -0.1) is 11.3 Å². The fourth-order valence-electron chi connectivity index (χ4n) is 7.28. The third kappa shape index (κ3) is 7.26. The highest BCUT2D eigenvalue weighted by Crippen LogP contribution is 2.59. The molecule has 0 radical (unpaired) electrons. The van der Waals surface area contributed by atoms with Gasteiger partial charge in [0.2, 0.25) is 17.7 Å². The molecule has 49 heavy (non-hydrogen) atoms. The summed E-state index contributed by atoms with van der Waals surface area (Å²) in [6, 6.07) is 2.62. The van der Waals surface area contributed by atoms with Crippen molar-refractivity contribution >= 4 is 52.6 Å². The van der Waals surface area contributed by atoms with Gasteiger partial charge in [0.25, 0.3) is 5.91 Å². The molecule has 13 nitrogen and oxygen atoms in total. The van der Waals surface area contributed by atoms with Crippen LogP contribution in [0, 0.1) is 11.8 Å². The quantitative estimate of drug-likeness (QED) is 0.347. The Labute approximate surface area is 286 Å². The number of amides is 4. The number of alkyl halides is 2. The van der Waals surface area contributed by atoms with Crippen molar-refractivity contribution in [2.75, 3.05) is 59.0 Å². The van der Waals surface area contributed by atoms with Crippen LogP contribution in [0.1, 0.15) is 48.3 Å². The van der Waals surface area contributed by atoms with Gasteiger partial charge in [0, 0.05) is 62.1 Å². The summed E-state index contributed by atoms with van der Waals surface area (Å²) >= 11 is 1.01. The Morgan fingerprint density at radius 2 is 1.73 bits per heavy atom. The molecular weight excluding hydrogens is 683 g/mol. The van der Waals surface area contributed by atoms with E-state index in [1.165, 1.54) is 12.1 Å². The average molecular weight is 726 g/mol. The highest BCUT2D eigenvalue weighted by atomic mass is 32.1. The molecule has 17 heteroatoms. The number of hydrogen-bond donors (Lipinski definition) is 3. The Bertz CT molecular complexity index is 1660. The summed E-state index contributed by atoms with van der Waals surface area (Å²) in [5.74, 6) is -1.13. The van der Waals surface area contributed by atoms with Crippen molar-refractivity contribution in [1.29, 1.82) is 0 Å². The van der Waals surface area contributed by atoms with Crippen LogP contribution in [-0.4, -0.2) is 130 Å². The second-order valence-electron chi connectivity index (χ2n) is 13.8. The third-order valence-corrected chi connectivity index (χ3v) is 11.9. The van der Waals surface area contributed by atoms with Crippen LogP contribution in [0.5, 0.6) is 0 Å². The van der Waals surface area contributed by atoms with E-state index in [1.807, 2.05) is 0 Å². The summed E-state index contributed by atoms with van der Waals surface area (Å²) in [7, 11) is -5.78. The van der Waals surface area contributed by atoms with Crippen molar-refractivity contribution in [3.05, 3.63) is 34.7 Å². The predicted molar refractivity (Wildman–Crippen MR) is 176 cm³/mol. The Hall–Kier alpha value is -3.01. The summed E-state index contributed by atoms with van der Waals surface area (Å²) in [5, 5.41) is 3.06. The Balaban J connectivity index is 1.18. The van der Waals surface area contributed by atoms with Crippen molar-refractivity contribution in [3.8, 4) is 0 Å². The van der Waals surface area contributed by atoms with Gasteiger partial charge in [0.05, 0.1) is 24.0 Å². The molecule has 0 spiro atoms. The van der Waals surface area contributed by atoms with Crippen molar-refractivity contribution in [1.82, 2.24) is 24.9 Å². The van der Waals surface area contributed by atoms with Gasteiger partial charge in [-0.2, -0.15) is 8.78 Å². The maximum Gasteiger partial charge on any atom is 0.399 e. The van der Waals surface area contributed by atoms with Gasteiger partial charge in [-0.25, -0.2) is 0 Å². The maximum absolute atomic E-state index is 14.4. The average Bonchev–Trinajstić information content (AvgIpc) is 3.65. The van der Waals surface area contributed by atoms with Crippen LogP contribution in [0.15, 0.2) is 24.3 Å². The van der Waals surface area contributed by atoms with Gasteiger partial charge in [0.1, 0.15) is 12.1 Å². The standard InChI is InChI=1S/C32H42F2N5O8PS/c1-19(2)15-36-8-7-23-4-5-25(31(43)38-16-21(17-38)29(41)37-9-11-47-12-10-37)39(23)30(42)24(18-36)35-28(40)27-14-20-13-22(3-6-26(20)49-27)32(33,34)48(44,45)46/h3,6,13-14,19,21,23-25H,4-5,7-12,15-18H2,1-2H3,(H,35,40)(H2,44,45,46)/t23-,24+,25+/m1/s1. The molecule has 3 atom stereocenters. The first-order valence-electron chi connectivity index (χ1n) is 16.6. The molecule has 3 N–H and O–H groups in total. The van der Waals surface area contributed by atoms with Crippen LogP contribution in [0.25, 0.3) is 10.1 Å². The first-order chi connectivity index (χ1) is 23.1. The number of nitrogens with one attached hydrogen (secondary N) is 1. The molecule has 0 unspecified atom stereocenters. The molecule has 0 saturated carbocycles. The summed E-state index contributed by atoms with van der Waals surface area (Å²) < 4.78 is 45.9. The summed E-state index contributed by atoms with van der Waals surface area (Å²) in [6.45, 7) is 8.37. The highest BCUT2D eigenvalue weighted by molar-refractivity contribution is 7.52. The van der Waals surface area contributed by atoms with Crippen LogP contribution in [0.3, 0.4) is 0 Å². The number of likely N-dealkylation sites (tertiary alicyclic amines) is 1. The molecule has 5 heterocycles. The van der Waals surface area contributed by atoms with Gasteiger partial charge in [-0.1, -0.05) is 19.9 Å². The van der Waals surface area contributed by atoms with Gasteiger partial charge >= 0.3 is 13.3 Å². The van der Waals surface area contributed by atoms with Crippen LogP contribution in [0.4, 0.5) is 8.78 Å². The van der Waals surface area contributed by atoms with E-state index < -0.39 is 36.8 Å². The number of ether oxygens (including phenoxy) is 1. The summed E-state index contributed by atoms with van der Waals surface area (Å²) in [5.41, 5.74) is -5.26. The number of morpholine rings is 1. The smallest absolute Gasteiger partial charge is 0.378 e. The monoisotopic (exact) mass is 725 g/mol. The number of carbonyl (C=O) groups is 4. The Morgan fingerprint density at radius 3 is 2.41 bits per heavy atom. The van der Waals surface area contributed by atoms with E-state index in [2.05, 4.69) is 24.1 Å². The van der Waals surface area contributed by atoms with Gasteiger partial charge in [-0.05, 0) is 48.8 Å². The number of fused-ring (bicyclic) bond motifs is 2. The molecule has 1 aromatic carbocycles. The van der Waals surface area contributed by atoms with E-state index >= 15 is 0 Å². The molecule has 2 aromatic rings. The Morgan fingerprint density at radius 1 is 1.02 bits per heavy atom.